The van der Waals surface area contributed by atoms with Gasteiger partial charge in [-0.3, -0.25) is 0 Å². The molecule has 2 aliphatic heterocycles. The highest BCUT2D eigenvalue weighted by atomic mass is 32.2. The van der Waals surface area contributed by atoms with Crippen molar-refractivity contribution in [2.24, 2.45) is 0 Å². The number of hydrogen-bond donors (Lipinski definition) is 3. The lowest BCUT2D eigenvalue weighted by Crippen LogP contribution is -2.47. The predicted molar refractivity (Wildman–Crippen MR) is 164 cm³/mol. The van der Waals surface area contributed by atoms with Gasteiger partial charge in [-0.05, 0) is 70.0 Å². The zero-order valence-corrected chi connectivity index (χ0v) is 26.9. The van der Waals surface area contributed by atoms with Crippen LogP contribution in [-0.4, -0.2) is 88.9 Å². The molecule has 3 N–H and O–H groups in total. The highest BCUT2D eigenvalue weighted by molar-refractivity contribution is 7.89. The zero-order chi connectivity index (χ0) is 30.8. The number of piperidine rings is 1. The normalized spacial score (nSPS) is 20.0. The molecule has 11 nitrogen and oxygen atoms in total. The van der Waals surface area contributed by atoms with Crippen molar-refractivity contribution in [1.29, 1.82) is 0 Å². The van der Waals surface area contributed by atoms with Crippen LogP contribution in [-0.2, 0) is 24.8 Å². The molecule has 2 saturated heterocycles. The molecule has 0 radical (unpaired) electrons. The van der Waals surface area contributed by atoms with E-state index in [9.17, 15) is 21.9 Å². The number of aliphatic hydroxyl groups is 1. The summed E-state index contributed by atoms with van der Waals surface area (Å²) in [5.41, 5.74) is 1.35. The molecule has 2 aliphatic rings. The van der Waals surface area contributed by atoms with Gasteiger partial charge in [-0.1, -0.05) is 18.2 Å². The molecule has 3 heterocycles. The third-order valence-electron chi connectivity index (χ3n) is 7.95. The quantitative estimate of drug-likeness (QED) is 0.285. The molecular weight excluding hydrogens is 613 g/mol. The molecule has 43 heavy (non-hydrogen) atoms. The fraction of sp³-hybridized carbons (Fsp3) is 0.483. The van der Waals surface area contributed by atoms with Crippen LogP contribution in [0.15, 0.2) is 58.3 Å². The Kier molecular flexibility index (Phi) is 9.59. The summed E-state index contributed by atoms with van der Waals surface area (Å²) < 4.78 is 66.7. The maximum Gasteiger partial charge on any atom is 0.243 e. The summed E-state index contributed by atoms with van der Waals surface area (Å²) in [5.74, 6) is 0.348. The van der Waals surface area contributed by atoms with Gasteiger partial charge >= 0.3 is 0 Å². The van der Waals surface area contributed by atoms with Crippen LogP contribution in [0.4, 0.5) is 0 Å². The van der Waals surface area contributed by atoms with Crippen LogP contribution < -0.4 is 14.8 Å². The first kappa shape index (κ1) is 32.0. The van der Waals surface area contributed by atoms with Crippen molar-refractivity contribution in [3.8, 4) is 16.2 Å². The van der Waals surface area contributed by atoms with Gasteiger partial charge in [0.05, 0.1) is 37.6 Å². The van der Waals surface area contributed by atoms with Gasteiger partial charge in [0.25, 0.3) is 0 Å². The molecule has 1 unspecified atom stereocenters. The van der Waals surface area contributed by atoms with Gasteiger partial charge in [0.1, 0.15) is 18.5 Å². The second-order valence-electron chi connectivity index (χ2n) is 11.0. The third kappa shape index (κ3) is 7.28. The van der Waals surface area contributed by atoms with Crippen LogP contribution in [0.5, 0.6) is 5.75 Å². The van der Waals surface area contributed by atoms with Gasteiger partial charge in [-0.2, -0.15) is 4.31 Å². The molecule has 2 fully saturated rings. The molecule has 0 aliphatic carbocycles. The largest absolute Gasteiger partial charge is 0.491 e. The van der Waals surface area contributed by atoms with Crippen molar-refractivity contribution >= 4 is 31.4 Å². The molecule has 2 aromatic carbocycles. The third-order valence-corrected chi connectivity index (χ3v) is 12.4. The number of benzene rings is 2. The van der Waals surface area contributed by atoms with Crippen molar-refractivity contribution in [3.05, 3.63) is 59.2 Å². The summed E-state index contributed by atoms with van der Waals surface area (Å²) in [5, 5.41) is 14.7. The van der Waals surface area contributed by atoms with Crippen LogP contribution in [0.2, 0.25) is 0 Å². The Morgan fingerprint density at radius 3 is 2.53 bits per heavy atom. The molecule has 2 atom stereocenters. The van der Waals surface area contributed by atoms with Gasteiger partial charge in [-0.15, -0.1) is 11.3 Å². The fourth-order valence-electron chi connectivity index (χ4n) is 5.61. The van der Waals surface area contributed by atoms with E-state index in [0.29, 0.717) is 38.3 Å². The van der Waals surface area contributed by atoms with Crippen molar-refractivity contribution in [3.63, 3.8) is 0 Å². The first-order valence-corrected chi connectivity index (χ1v) is 17.9. The van der Waals surface area contributed by atoms with Crippen molar-refractivity contribution in [2.75, 3.05) is 39.9 Å². The first-order valence-electron chi connectivity index (χ1n) is 14.2. The Bertz CT molecular complexity index is 1650. The smallest absolute Gasteiger partial charge is 0.243 e. The summed E-state index contributed by atoms with van der Waals surface area (Å²) in [4.78, 5) is 5.82. The zero-order valence-electron chi connectivity index (χ0n) is 24.4. The van der Waals surface area contributed by atoms with E-state index in [1.54, 1.807) is 46.0 Å². The molecule has 0 saturated carbocycles. The summed E-state index contributed by atoms with van der Waals surface area (Å²) in [6.45, 7) is 5.36. The average Bonchev–Trinajstić information content (AvgIpc) is 3.56. The summed E-state index contributed by atoms with van der Waals surface area (Å²) in [6, 6.07) is 13.2. The van der Waals surface area contributed by atoms with Crippen molar-refractivity contribution < 1.29 is 31.4 Å². The van der Waals surface area contributed by atoms with E-state index in [0.717, 1.165) is 27.6 Å². The first-order chi connectivity index (χ1) is 20.4. The molecule has 1 aromatic heterocycles. The minimum Gasteiger partial charge on any atom is -0.491 e. The topological polar surface area (TPSA) is 147 Å². The van der Waals surface area contributed by atoms with Gasteiger partial charge in [0.15, 0.2) is 0 Å². The average molecular weight is 651 g/mol. The van der Waals surface area contributed by atoms with E-state index in [-0.39, 0.29) is 29.0 Å². The lowest BCUT2D eigenvalue weighted by Gasteiger charge is -2.38. The number of rotatable bonds is 11. The molecule has 0 bridgehead atoms. The van der Waals surface area contributed by atoms with Crippen molar-refractivity contribution in [2.45, 2.75) is 60.6 Å². The number of sulfonamides is 2. The monoisotopic (exact) mass is 650 g/mol. The number of thiazole rings is 1. The van der Waals surface area contributed by atoms with Crippen LogP contribution in [0, 0.1) is 13.8 Å². The van der Waals surface area contributed by atoms with Gasteiger partial charge in [0.2, 0.25) is 20.0 Å². The Morgan fingerprint density at radius 1 is 1.12 bits per heavy atom. The number of aryl methyl sites for hydroxylation is 2. The molecular formula is C29H38N4O7S3. The minimum absolute atomic E-state index is 0.00896. The maximum absolute atomic E-state index is 13.5. The van der Waals surface area contributed by atoms with Crippen molar-refractivity contribution in [1.82, 2.24) is 19.3 Å². The maximum atomic E-state index is 13.5. The summed E-state index contributed by atoms with van der Waals surface area (Å²) in [6.07, 6.45) is 1.09. The van der Waals surface area contributed by atoms with E-state index in [4.69, 9.17) is 9.47 Å². The van der Waals surface area contributed by atoms with Crippen LogP contribution >= 0.6 is 11.3 Å². The molecule has 234 valence electrons. The second-order valence-corrected chi connectivity index (χ2v) is 16.1. The van der Waals surface area contributed by atoms with E-state index in [2.05, 4.69) is 15.0 Å². The number of hydrogen-bond acceptors (Lipinski definition) is 10. The Labute approximate surface area is 257 Å². The number of aromatic nitrogens is 1. The standard InChI is InChI=1S/C29H38N4O7S3/c1-20-28(41-21(2)32-20)22-6-4-9-27(14-22)43(37,38)33-12-10-29(11-13-33)16-23(18-40-29)31-17-24(34)19-39-25-7-5-8-26(15-25)42(35,36)30-3/h4-9,14-15,23-24,30-31,34H,10-13,16-19H2,1-3H3/t23?,24-/m0/s1. The molecule has 3 aromatic rings. The molecule has 5 rings (SSSR count). The van der Waals surface area contributed by atoms with E-state index in [1.165, 1.54) is 19.2 Å². The van der Waals surface area contributed by atoms with E-state index in [1.807, 2.05) is 19.9 Å². The van der Waals surface area contributed by atoms with Gasteiger partial charge < -0.3 is 19.9 Å². The Hall–Kier alpha value is -2.43. The Balaban J connectivity index is 1.11. The SMILES string of the molecule is CNS(=O)(=O)c1cccc(OC[C@@H](O)CNC2COC3(CCN(S(=O)(=O)c4cccc(-c5sc(C)nc5C)c4)CC3)C2)c1. The number of aliphatic hydroxyl groups excluding tert-OH is 1. The Morgan fingerprint density at radius 2 is 1.84 bits per heavy atom. The van der Waals surface area contributed by atoms with Crippen LogP contribution in [0.25, 0.3) is 10.4 Å². The lowest BCUT2D eigenvalue weighted by molar-refractivity contribution is -0.0312. The highest BCUT2D eigenvalue weighted by Gasteiger charge is 2.44. The summed E-state index contributed by atoms with van der Waals surface area (Å²) >= 11 is 1.56. The second kappa shape index (κ2) is 12.9. The minimum atomic E-state index is -3.66. The van der Waals surface area contributed by atoms with Gasteiger partial charge in [0, 0.05) is 31.7 Å². The number of ether oxygens (including phenoxy) is 2. The van der Waals surface area contributed by atoms with E-state index >= 15 is 0 Å². The van der Waals surface area contributed by atoms with Gasteiger partial charge in [-0.25, -0.2) is 26.5 Å². The van der Waals surface area contributed by atoms with E-state index < -0.39 is 31.8 Å². The molecule has 14 heteroatoms. The molecule has 1 spiro atoms. The number of nitrogens with zero attached hydrogens (tertiary/aromatic N) is 2. The fourth-order valence-corrected chi connectivity index (χ4v) is 8.78. The summed E-state index contributed by atoms with van der Waals surface area (Å²) in [7, 11) is -5.91. The molecule has 0 amide bonds. The van der Waals surface area contributed by atoms with Crippen LogP contribution in [0.1, 0.15) is 30.0 Å². The predicted octanol–water partition coefficient (Wildman–Crippen LogP) is 2.68. The lowest BCUT2D eigenvalue weighted by atomic mass is 9.88. The number of nitrogens with one attached hydrogen (secondary N) is 2. The van der Waals surface area contributed by atoms with Crippen LogP contribution in [0.3, 0.4) is 0 Å². The highest BCUT2D eigenvalue weighted by Crippen LogP contribution is 2.38.